The van der Waals surface area contributed by atoms with Crippen molar-refractivity contribution in [1.29, 1.82) is 0 Å². The summed E-state index contributed by atoms with van der Waals surface area (Å²) in [5.41, 5.74) is 1.37. The molecule has 0 aromatic rings. The van der Waals surface area contributed by atoms with Gasteiger partial charge in [-0.15, -0.1) is 0 Å². The fraction of sp³-hybridized carbons (Fsp3) is 0.889. The Hall–Kier alpha value is 1.23. The van der Waals surface area contributed by atoms with Crippen molar-refractivity contribution in [3.8, 4) is 0 Å². The van der Waals surface area contributed by atoms with Crippen molar-refractivity contribution in [2.75, 3.05) is 0 Å². The summed E-state index contributed by atoms with van der Waals surface area (Å²) in [6.07, 6.45) is 3.46. The molecule has 0 amide bonds. The van der Waals surface area contributed by atoms with Crippen LogP contribution in [0.2, 0.25) is 78.6 Å². The number of hydrogen-bond acceptors (Lipinski definition) is 2. The van der Waals surface area contributed by atoms with E-state index in [-0.39, 0.29) is 14.3 Å². The SMILES string of the molecule is C/C=C(\O[Si](C)(C)C)P(P(C(CC)O[Si](C)(C)C)[Si](C)(C)C)[Si](C)(C)C. The molecule has 0 aromatic carbocycles. The molecule has 0 saturated carbocycles. The van der Waals surface area contributed by atoms with Crippen molar-refractivity contribution in [3.63, 3.8) is 0 Å². The third kappa shape index (κ3) is 9.62. The minimum Gasteiger partial charge on any atom is -0.544 e. The molecule has 3 unspecified atom stereocenters. The van der Waals surface area contributed by atoms with E-state index in [0.29, 0.717) is 5.85 Å². The molecule has 0 aromatic heterocycles. The second kappa shape index (κ2) is 9.82. The summed E-state index contributed by atoms with van der Waals surface area (Å²) in [6, 6.07) is 0. The molecule has 0 aliphatic rings. The van der Waals surface area contributed by atoms with E-state index in [4.69, 9.17) is 8.85 Å². The lowest BCUT2D eigenvalue weighted by Gasteiger charge is -2.49. The highest BCUT2D eigenvalue weighted by Crippen LogP contribution is 2.83. The van der Waals surface area contributed by atoms with Gasteiger partial charge in [0.05, 0.1) is 26.8 Å². The zero-order chi connectivity index (χ0) is 21.1. The molecule has 0 saturated heterocycles. The molecule has 0 rings (SSSR count). The Kier molecular flexibility index (Phi) is 10.3. The van der Waals surface area contributed by atoms with E-state index in [1.54, 1.807) is 0 Å². The van der Waals surface area contributed by atoms with Crippen LogP contribution in [0.4, 0.5) is 0 Å². The third-order valence-corrected chi connectivity index (χ3v) is 39.0. The van der Waals surface area contributed by atoms with Gasteiger partial charge in [0.2, 0.25) is 8.32 Å². The maximum atomic E-state index is 6.85. The molecule has 0 fully saturated rings. The molecular formula is C18H46O2P2Si4. The highest BCUT2D eigenvalue weighted by molar-refractivity contribution is 8.56. The number of allylic oxidation sites excluding steroid dienone is 1. The van der Waals surface area contributed by atoms with Crippen molar-refractivity contribution in [2.24, 2.45) is 0 Å². The molecule has 2 nitrogen and oxygen atoms in total. The van der Waals surface area contributed by atoms with Crippen LogP contribution in [0, 0.1) is 0 Å². The summed E-state index contributed by atoms with van der Waals surface area (Å²) in [7, 11) is -6.38. The molecule has 26 heavy (non-hydrogen) atoms. The zero-order valence-electron chi connectivity index (χ0n) is 20.1. The van der Waals surface area contributed by atoms with Gasteiger partial charge in [-0.1, -0.05) is 53.4 Å². The second-order valence-corrected chi connectivity index (χ2v) is 46.4. The molecule has 0 aliphatic carbocycles. The highest BCUT2D eigenvalue weighted by atomic mass is 32.3. The van der Waals surface area contributed by atoms with Crippen LogP contribution >= 0.6 is 14.3 Å². The minimum atomic E-state index is -1.62. The van der Waals surface area contributed by atoms with Crippen LogP contribution in [-0.2, 0) is 8.85 Å². The van der Waals surface area contributed by atoms with Crippen LogP contribution in [0.1, 0.15) is 20.3 Å². The molecule has 3 atom stereocenters. The minimum absolute atomic E-state index is 0.172. The predicted octanol–water partition coefficient (Wildman–Crippen LogP) is 8.84. The lowest BCUT2D eigenvalue weighted by atomic mass is 10.5. The van der Waals surface area contributed by atoms with Gasteiger partial charge in [-0.05, 0) is 65.9 Å². The Morgan fingerprint density at radius 3 is 1.50 bits per heavy atom. The lowest BCUT2D eigenvalue weighted by molar-refractivity contribution is 0.274. The van der Waals surface area contributed by atoms with E-state index in [0.717, 1.165) is 6.42 Å². The van der Waals surface area contributed by atoms with Crippen LogP contribution in [-0.4, -0.2) is 38.0 Å². The van der Waals surface area contributed by atoms with Crippen LogP contribution in [0.5, 0.6) is 0 Å². The molecule has 0 bridgehead atoms. The van der Waals surface area contributed by atoms with Crippen LogP contribution in [0.25, 0.3) is 0 Å². The van der Waals surface area contributed by atoms with Gasteiger partial charge in [0.1, 0.15) is 0 Å². The average Bonchev–Trinajstić information content (AvgIpc) is 2.35. The Morgan fingerprint density at radius 2 is 1.27 bits per heavy atom. The summed E-state index contributed by atoms with van der Waals surface area (Å²) in [6.45, 7) is 34.0. The van der Waals surface area contributed by atoms with Crippen molar-refractivity contribution in [2.45, 2.75) is 105 Å². The van der Waals surface area contributed by atoms with Crippen LogP contribution < -0.4 is 0 Å². The maximum absolute atomic E-state index is 6.85. The standard InChI is InChI=1S/C18H46O2P2Si4/c1-15-17(19-23(3,4)5)21(25(9,10)11)22(26(12,13)14)18(16-2)20-24(6,7)8/h15,18H,16H2,1-14H3/b17-15+. The second-order valence-electron chi connectivity index (χ2n) is 10.9. The summed E-state index contributed by atoms with van der Waals surface area (Å²) in [4.78, 5) is 0. The molecule has 0 aliphatic heterocycles. The first-order valence-electron chi connectivity index (χ1n) is 9.96. The van der Waals surface area contributed by atoms with Gasteiger partial charge >= 0.3 is 0 Å². The van der Waals surface area contributed by atoms with Gasteiger partial charge in [0.15, 0.2) is 8.32 Å². The van der Waals surface area contributed by atoms with E-state index in [9.17, 15) is 0 Å². The zero-order valence-corrected chi connectivity index (χ0v) is 25.9. The average molecular weight is 469 g/mol. The largest absolute Gasteiger partial charge is 0.544 e. The van der Waals surface area contributed by atoms with E-state index in [1.165, 1.54) is 5.50 Å². The molecular weight excluding hydrogens is 422 g/mol. The fourth-order valence-electron chi connectivity index (χ4n) is 2.87. The third-order valence-electron chi connectivity index (χ3n) is 3.52. The summed E-state index contributed by atoms with van der Waals surface area (Å²) in [5.74, 6) is 0.446. The van der Waals surface area contributed by atoms with E-state index >= 15 is 0 Å². The maximum Gasteiger partial charge on any atom is 0.242 e. The molecule has 156 valence electrons. The van der Waals surface area contributed by atoms with Crippen molar-refractivity contribution < 1.29 is 8.85 Å². The number of hydrogen-bond donors (Lipinski definition) is 0. The summed E-state index contributed by atoms with van der Waals surface area (Å²) >= 11 is 0. The first kappa shape index (κ1) is 27.2. The van der Waals surface area contributed by atoms with Gasteiger partial charge in [0, 0.05) is 0 Å². The Balaban J connectivity index is 6.32. The van der Waals surface area contributed by atoms with Crippen LogP contribution in [0.3, 0.4) is 0 Å². The van der Waals surface area contributed by atoms with Crippen molar-refractivity contribution >= 4 is 46.4 Å². The summed E-state index contributed by atoms with van der Waals surface area (Å²) < 4.78 is 13.6. The van der Waals surface area contributed by atoms with E-state index < -0.39 is 32.1 Å². The first-order chi connectivity index (χ1) is 11.3. The topological polar surface area (TPSA) is 18.5 Å². The fourth-order valence-corrected chi connectivity index (χ4v) is 53.6. The molecule has 0 N–H and O–H groups in total. The Bertz CT molecular complexity index is 472. The van der Waals surface area contributed by atoms with E-state index in [1.807, 2.05) is 0 Å². The number of rotatable bonds is 10. The molecule has 0 radical (unpaired) electrons. The van der Waals surface area contributed by atoms with Crippen LogP contribution in [0.15, 0.2) is 11.6 Å². The Labute approximate surface area is 171 Å². The van der Waals surface area contributed by atoms with Gasteiger partial charge in [-0.3, -0.25) is 0 Å². The van der Waals surface area contributed by atoms with Crippen molar-refractivity contribution in [1.82, 2.24) is 0 Å². The van der Waals surface area contributed by atoms with Gasteiger partial charge < -0.3 is 8.85 Å². The molecule has 0 heterocycles. The molecule has 0 spiro atoms. The van der Waals surface area contributed by atoms with Crippen molar-refractivity contribution in [3.05, 3.63) is 11.6 Å². The highest BCUT2D eigenvalue weighted by Gasteiger charge is 2.47. The monoisotopic (exact) mass is 468 g/mol. The lowest BCUT2D eigenvalue weighted by Crippen LogP contribution is -2.37. The normalized spacial score (nSPS) is 18.5. The van der Waals surface area contributed by atoms with Gasteiger partial charge in [0.25, 0.3) is 0 Å². The molecule has 8 heteroatoms. The predicted molar refractivity (Wildman–Crippen MR) is 137 cm³/mol. The van der Waals surface area contributed by atoms with Gasteiger partial charge in [-0.2, -0.15) is 0 Å². The Morgan fingerprint density at radius 1 is 0.808 bits per heavy atom. The quantitative estimate of drug-likeness (QED) is 0.181. The van der Waals surface area contributed by atoms with Gasteiger partial charge in [-0.25, -0.2) is 0 Å². The summed E-state index contributed by atoms with van der Waals surface area (Å²) in [5, 5.41) is 0. The van der Waals surface area contributed by atoms with E-state index in [2.05, 4.69) is 98.5 Å². The first-order valence-corrected chi connectivity index (χ1v) is 28.9. The smallest absolute Gasteiger partial charge is 0.242 e.